The molecule has 3 nitrogen and oxygen atoms in total. The monoisotopic (exact) mass is 226 g/mol. The van der Waals surface area contributed by atoms with Crippen LogP contribution in [0.3, 0.4) is 0 Å². The predicted molar refractivity (Wildman–Crippen MR) is 66.5 cm³/mol. The van der Waals surface area contributed by atoms with Gasteiger partial charge in [0.2, 0.25) is 0 Å². The summed E-state index contributed by atoms with van der Waals surface area (Å²) in [5.41, 5.74) is 0. The van der Waals surface area contributed by atoms with Gasteiger partial charge in [0, 0.05) is 12.1 Å². The SMILES string of the molecule is CCN1CCC(N(C)[C@H]2CCC[C@@H]2O)CC1. The fourth-order valence-electron chi connectivity index (χ4n) is 3.31. The van der Waals surface area contributed by atoms with Crippen molar-refractivity contribution in [1.82, 2.24) is 9.80 Å². The molecular weight excluding hydrogens is 200 g/mol. The third kappa shape index (κ3) is 2.58. The quantitative estimate of drug-likeness (QED) is 0.786. The van der Waals surface area contributed by atoms with Gasteiger partial charge in [0.15, 0.2) is 0 Å². The predicted octanol–water partition coefficient (Wildman–Crippen LogP) is 1.32. The molecule has 0 bridgehead atoms. The second kappa shape index (κ2) is 5.48. The van der Waals surface area contributed by atoms with Crippen LogP contribution in [0.1, 0.15) is 39.0 Å². The zero-order valence-corrected chi connectivity index (χ0v) is 10.7. The Bertz CT molecular complexity index is 214. The first kappa shape index (κ1) is 12.3. The summed E-state index contributed by atoms with van der Waals surface area (Å²) >= 11 is 0. The van der Waals surface area contributed by atoms with E-state index in [9.17, 15) is 5.11 Å². The Morgan fingerprint density at radius 2 is 1.88 bits per heavy atom. The van der Waals surface area contributed by atoms with Gasteiger partial charge in [0.25, 0.3) is 0 Å². The average molecular weight is 226 g/mol. The van der Waals surface area contributed by atoms with Gasteiger partial charge in [-0.15, -0.1) is 0 Å². The first-order chi connectivity index (χ1) is 7.72. The molecule has 2 atom stereocenters. The van der Waals surface area contributed by atoms with Crippen LogP contribution < -0.4 is 0 Å². The molecule has 2 rings (SSSR count). The normalized spacial score (nSPS) is 33.8. The molecule has 3 heteroatoms. The Kier molecular flexibility index (Phi) is 4.22. The van der Waals surface area contributed by atoms with E-state index in [2.05, 4.69) is 23.8 Å². The standard InChI is InChI=1S/C13H26N2O/c1-3-15-9-7-11(8-10-15)14(2)12-5-4-6-13(12)16/h11-13,16H,3-10H2,1-2H3/t12-,13-/m0/s1. The van der Waals surface area contributed by atoms with E-state index in [0.717, 1.165) is 6.42 Å². The molecule has 1 heterocycles. The fraction of sp³-hybridized carbons (Fsp3) is 1.00. The summed E-state index contributed by atoms with van der Waals surface area (Å²) in [6.07, 6.45) is 5.86. The average Bonchev–Trinajstić information content (AvgIpc) is 2.75. The van der Waals surface area contributed by atoms with Crippen LogP contribution in [0.4, 0.5) is 0 Å². The van der Waals surface area contributed by atoms with Gasteiger partial charge in [-0.3, -0.25) is 4.90 Å². The third-order valence-corrected chi connectivity index (χ3v) is 4.55. The summed E-state index contributed by atoms with van der Waals surface area (Å²) in [5, 5.41) is 9.94. The largest absolute Gasteiger partial charge is 0.391 e. The van der Waals surface area contributed by atoms with E-state index in [-0.39, 0.29) is 6.10 Å². The molecule has 1 saturated heterocycles. The highest BCUT2D eigenvalue weighted by molar-refractivity contribution is 4.88. The van der Waals surface area contributed by atoms with Crippen molar-refractivity contribution in [2.24, 2.45) is 0 Å². The van der Waals surface area contributed by atoms with E-state index < -0.39 is 0 Å². The van der Waals surface area contributed by atoms with Crippen molar-refractivity contribution in [3.05, 3.63) is 0 Å². The van der Waals surface area contributed by atoms with Crippen LogP contribution in [0, 0.1) is 0 Å². The van der Waals surface area contributed by atoms with Crippen molar-refractivity contribution in [2.45, 2.75) is 57.2 Å². The number of hydrogen-bond acceptors (Lipinski definition) is 3. The van der Waals surface area contributed by atoms with E-state index in [4.69, 9.17) is 0 Å². The molecule has 16 heavy (non-hydrogen) atoms. The van der Waals surface area contributed by atoms with Gasteiger partial charge in [-0.25, -0.2) is 0 Å². The van der Waals surface area contributed by atoms with Gasteiger partial charge >= 0.3 is 0 Å². The minimum atomic E-state index is -0.0748. The van der Waals surface area contributed by atoms with Crippen LogP contribution in [-0.2, 0) is 0 Å². The topological polar surface area (TPSA) is 26.7 Å². The smallest absolute Gasteiger partial charge is 0.0695 e. The molecule has 0 amide bonds. The Morgan fingerprint density at radius 3 is 2.38 bits per heavy atom. The number of likely N-dealkylation sites (tertiary alicyclic amines) is 1. The molecule has 0 aromatic heterocycles. The maximum Gasteiger partial charge on any atom is 0.0695 e. The van der Waals surface area contributed by atoms with E-state index in [0.29, 0.717) is 12.1 Å². The molecule has 94 valence electrons. The molecule has 0 aromatic rings. The Labute approximate surface area is 99.4 Å². The van der Waals surface area contributed by atoms with E-state index in [1.54, 1.807) is 0 Å². The lowest BCUT2D eigenvalue weighted by atomic mass is 10.0. The molecule has 0 radical (unpaired) electrons. The number of aliphatic hydroxyl groups excluding tert-OH is 1. The summed E-state index contributed by atoms with van der Waals surface area (Å²) in [6.45, 7) is 5.88. The molecule has 1 N–H and O–H groups in total. The van der Waals surface area contributed by atoms with E-state index >= 15 is 0 Å². The molecule has 0 unspecified atom stereocenters. The van der Waals surface area contributed by atoms with Crippen LogP contribution >= 0.6 is 0 Å². The van der Waals surface area contributed by atoms with Gasteiger partial charge < -0.3 is 10.0 Å². The molecule has 2 fully saturated rings. The lowest BCUT2D eigenvalue weighted by Crippen LogP contribution is -2.49. The maximum absolute atomic E-state index is 9.94. The zero-order valence-electron chi connectivity index (χ0n) is 10.7. The van der Waals surface area contributed by atoms with Gasteiger partial charge in [0.05, 0.1) is 6.10 Å². The van der Waals surface area contributed by atoms with Crippen molar-refractivity contribution >= 4 is 0 Å². The van der Waals surface area contributed by atoms with Crippen LogP contribution in [0.5, 0.6) is 0 Å². The highest BCUT2D eigenvalue weighted by Gasteiger charge is 2.33. The Hall–Kier alpha value is -0.120. The maximum atomic E-state index is 9.94. The zero-order chi connectivity index (χ0) is 11.5. The number of piperidine rings is 1. The summed E-state index contributed by atoms with van der Waals surface area (Å²) in [4.78, 5) is 4.99. The molecular formula is C13H26N2O. The second-order valence-corrected chi connectivity index (χ2v) is 5.40. The highest BCUT2D eigenvalue weighted by atomic mass is 16.3. The van der Waals surface area contributed by atoms with Crippen molar-refractivity contribution in [3.63, 3.8) is 0 Å². The Morgan fingerprint density at radius 1 is 1.19 bits per heavy atom. The molecule has 2 aliphatic rings. The molecule has 1 aliphatic carbocycles. The molecule has 1 aliphatic heterocycles. The molecule has 0 spiro atoms. The second-order valence-electron chi connectivity index (χ2n) is 5.40. The van der Waals surface area contributed by atoms with Gasteiger partial charge in [-0.05, 0) is 58.8 Å². The number of aliphatic hydroxyl groups is 1. The molecule has 1 saturated carbocycles. The fourth-order valence-corrected chi connectivity index (χ4v) is 3.31. The first-order valence-corrected chi connectivity index (χ1v) is 6.84. The van der Waals surface area contributed by atoms with Crippen molar-refractivity contribution in [2.75, 3.05) is 26.7 Å². The summed E-state index contributed by atoms with van der Waals surface area (Å²) in [7, 11) is 2.21. The van der Waals surface area contributed by atoms with Crippen LogP contribution in [0.15, 0.2) is 0 Å². The Balaban J connectivity index is 1.83. The van der Waals surface area contributed by atoms with Crippen molar-refractivity contribution in [1.29, 1.82) is 0 Å². The van der Waals surface area contributed by atoms with Crippen LogP contribution in [-0.4, -0.2) is 59.8 Å². The first-order valence-electron chi connectivity index (χ1n) is 6.84. The van der Waals surface area contributed by atoms with Gasteiger partial charge in [-0.1, -0.05) is 6.92 Å². The highest BCUT2D eigenvalue weighted by Crippen LogP contribution is 2.27. The van der Waals surface area contributed by atoms with E-state index in [1.165, 1.54) is 45.3 Å². The number of likely N-dealkylation sites (N-methyl/N-ethyl adjacent to an activating group) is 1. The number of hydrogen-bond donors (Lipinski definition) is 1. The number of rotatable bonds is 3. The van der Waals surface area contributed by atoms with Gasteiger partial charge in [-0.2, -0.15) is 0 Å². The minimum Gasteiger partial charge on any atom is -0.391 e. The van der Waals surface area contributed by atoms with E-state index in [1.807, 2.05) is 0 Å². The van der Waals surface area contributed by atoms with Crippen LogP contribution in [0.25, 0.3) is 0 Å². The number of nitrogens with zero attached hydrogens (tertiary/aromatic N) is 2. The summed E-state index contributed by atoms with van der Waals surface area (Å²) < 4.78 is 0. The third-order valence-electron chi connectivity index (χ3n) is 4.55. The molecule has 0 aromatic carbocycles. The van der Waals surface area contributed by atoms with Crippen LogP contribution in [0.2, 0.25) is 0 Å². The summed E-state index contributed by atoms with van der Waals surface area (Å²) in [5.74, 6) is 0. The van der Waals surface area contributed by atoms with Gasteiger partial charge in [0.1, 0.15) is 0 Å². The minimum absolute atomic E-state index is 0.0748. The van der Waals surface area contributed by atoms with Crippen molar-refractivity contribution < 1.29 is 5.11 Å². The lowest BCUT2D eigenvalue weighted by Gasteiger charge is -2.40. The summed E-state index contributed by atoms with van der Waals surface area (Å²) in [6, 6.07) is 1.12. The lowest BCUT2D eigenvalue weighted by molar-refractivity contribution is 0.0380. The van der Waals surface area contributed by atoms with Crippen molar-refractivity contribution in [3.8, 4) is 0 Å².